The first kappa shape index (κ1) is 18.3. The van der Waals surface area contributed by atoms with E-state index in [4.69, 9.17) is 10.8 Å². The normalized spacial score (nSPS) is 10.9. The van der Waals surface area contributed by atoms with Crippen LogP contribution in [0.4, 0.5) is 14.5 Å². The first-order valence-corrected chi connectivity index (χ1v) is 8.63. The quantitative estimate of drug-likeness (QED) is 0.441. The smallest absolute Gasteiger partial charge is 0.312 e. The number of nitrogens with zero attached hydrogens (tertiary/aromatic N) is 4. The Bertz CT molecular complexity index is 717. The van der Waals surface area contributed by atoms with Crippen LogP contribution in [0.25, 0.3) is 0 Å². The van der Waals surface area contributed by atoms with Crippen molar-refractivity contribution in [3.63, 3.8) is 0 Å². The predicted molar refractivity (Wildman–Crippen MR) is 91.3 cm³/mol. The van der Waals surface area contributed by atoms with E-state index in [0.717, 1.165) is 11.4 Å². The lowest BCUT2D eigenvalue weighted by atomic mass is 10.5. The van der Waals surface area contributed by atoms with Gasteiger partial charge in [-0.1, -0.05) is 6.92 Å². The fourth-order valence-electron chi connectivity index (χ4n) is 1.72. The van der Waals surface area contributed by atoms with Crippen molar-refractivity contribution in [1.82, 2.24) is 14.8 Å². The number of alkyl halides is 2. The van der Waals surface area contributed by atoms with Crippen LogP contribution in [0.1, 0.15) is 16.8 Å². The van der Waals surface area contributed by atoms with E-state index in [1.807, 2.05) is 24.5 Å². The van der Waals surface area contributed by atoms with Crippen molar-refractivity contribution < 1.29 is 13.5 Å². The topological polar surface area (TPSA) is 90.9 Å². The lowest BCUT2D eigenvalue weighted by molar-refractivity contribution is 0.197. The number of hydrogen-bond donors (Lipinski definition) is 2. The standard InChI is InChI=1S/C13H16F2N6OS2/c1-3-23-21(8-4-19-20(2)6-8)7-10-18-5-9(24-10)12(16)22-13(17)11(14)15/h4-6,11,16-17H,3,7H2,1-2H3. The minimum absolute atomic E-state index is 0.294. The number of hydrogen-bond acceptors (Lipinski definition) is 8. The molecule has 0 aliphatic carbocycles. The van der Waals surface area contributed by atoms with Crippen molar-refractivity contribution in [2.75, 3.05) is 10.1 Å². The summed E-state index contributed by atoms with van der Waals surface area (Å²) in [6.07, 6.45) is 1.97. The van der Waals surface area contributed by atoms with Gasteiger partial charge in [0, 0.05) is 19.0 Å². The van der Waals surface area contributed by atoms with Crippen molar-refractivity contribution in [2.24, 2.45) is 7.05 Å². The third-order valence-corrected chi connectivity index (χ3v) is 4.62. The summed E-state index contributed by atoms with van der Waals surface area (Å²) >= 11 is 2.76. The fourth-order valence-corrected chi connectivity index (χ4v) is 3.36. The molecule has 0 saturated heterocycles. The molecule has 24 heavy (non-hydrogen) atoms. The van der Waals surface area contributed by atoms with Crippen molar-refractivity contribution in [3.8, 4) is 0 Å². The molecule has 0 spiro atoms. The molecule has 0 aliphatic rings. The molecule has 2 heterocycles. The third kappa shape index (κ3) is 4.74. The lowest BCUT2D eigenvalue weighted by Crippen LogP contribution is -2.17. The molecule has 11 heteroatoms. The largest absolute Gasteiger partial charge is 0.418 e. The van der Waals surface area contributed by atoms with E-state index in [-0.39, 0.29) is 0 Å². The zero-order valence-corrected chi connectivity index (χ0v) is 14.6. The number of aryl methyl sites for hydroxylation is 1. The van der Waals surface area contributed by atoms with Gasteiger partial charge in [0.2, 0.25) is 5.90 Å². The first-order valence-electron chi connectivity index (χ1n) is 6.87. The SMILES string of the molecule is CCSN(Cc1ncc(C(=N)OC(=N)C(F)F)s1)c1cnn(C)c1. The van der Waals surface area contributed by atoms with Gasteiger partial charge in [0.15, 0.2) is 0 Å². The second-order valence-electron chi connectivity index (χ2n) is 4.54. The molecule has 0 saturated carbocycles. The molecule has 0 radical (unpaired) electrons. The van der Waals surface area contributed by atoms with E-state index in [1.165, 1.54) is 17.5 Å². The molecule has 0 amide bonds. The minimum Gasteiger partial charge on any atom is -0.418 e. The predicted octanol–water partition coefficient (Wildman–Crippen LogP) is 3.14. The van der Waals surface area contributed by atoms with Gasteiger partial charge in [-0.3, -0.25) is 15.5 Å². The van der Waals surface area contributed by atoms with E-state index in [9.17, 15) is 8.78 Å². The molecule has 2 rings (SSSR count). The Morgan fingerprint density at radius 1 is 1.46 bits per heavy atom. The average molecular weight is 374 g/mol. The fraction of sp³-hybridized carbons (Fsp3) is 0.385. The van der Waals surface area contributed by atoms with Crippen LogP contribution in [-0.2, 0) is 18.3 Å². The second-order valence-corrected chi connectivity index (χ2v) is 6.93. The molecule has 0 aliphatic heterocycles. The summed E-state index contributed by atoms with van der Waals surface area (Å²) in [6.45, 7) is 2.51. The maximum absolute atomic E-state index is 12.3. The molecule has 7 nitrogen and oxygen atoms in total. The monoisotopic (exact) mass is 374 g/mol. The Morgan fingerprint density at radius 3 is 2.79 bits per heavy atom. The van der Waals surface area contributed by atoms with Gasteiger partial charge >= 0.3 is 6.43 Å². The third-order valence-electron chi connectivity index (χ3n) is 2.73. The highest BCUT2D eigenvalue weighted by Crippen LogP contribution is 2.26. The van der Waals surface area contributed by atoms with Crippen LogP contribution in [0.2, 0.25) is 0 Å². The highest BCUT2D eigenvalue weighted by molar-refractivity contribution is 8.00. The molecule has 2 aromatic rings. The maximum atomic E-state index is 12.3. The Kier molecular flexibility index (Phi) is 6.26. The summed E-state index contributed by atoms with van der Waals surface area (Å²) < 4.78 is 32.8. The second kappa shape index (κ2) is 8.20. The van der Waals surface area contributed by atoms with Gasteiger partial charge < -0.3 is 9.04 Å². The summed E-state index contributed by atoms with van der Waals surface area (Å²) in [5.74, 6) is -0.883. The number of ether oxygens (including phenoxy) is 1. The molecule has 2 aromatic heterocycles. The molecule has 0 bridgehead atoms. The summed E-state index contributed by atoms with van der Waals surface area (Å²) in [6, 6.07) is 0. The van der Waals surface area contributed by atoms with E-state index in [0.29, 0.717) is 16.4 Å². The van der Waals surface area contributed by atoms with Crippen LogP contribution in [0.5, 0.6) is 0 Å². The summed E-state index contributed by atoms with van der Waals surface area (Å²) in [5.41, 5.74) is 0.923. The molecule has 2 N–H and O–H groups in total. The molecular formula is C13H16F2N6OS2. The highest BCUT2D eigenvalue weighted by atomic mass is 32.2. The molecule has 130 valence electrons. The first-order chi connectivity index (χ1) is 11.4. The molecule has 0 aromatic carbocycles. The molecule has 0 fully saturated rings. The average Bonchev–Trinajstić information content (AvgIpc) is 3.15. The summed E-state index contributed by atoms with van der Waals surface area (Å²) in [7, 11) is 1.83. The Hall–Kier alpha value is -2.01. The molecular weight excluding hydrogens is 358 g/mol. The van der Waals surface area contributed by atoms with Crippen molar-refractivity contribution in [2.45, 2.75) is 19.9 Å². The molecule has 0 atom stereocenters. The maximum Gasteiger partial charge on any atom is 0.312 e. The zero-order valence-electron chi connectivity index (χ0n) is 13.0. The van der Waals surface area contributed by atoms with Crippen LogP contribution in [0.15, 0.2) is 18.6 Å². The van der Waals surface area contributed by atoms with Gasteiger partial charge in [-0.05, 0) is 11.9 Å². The summed E-state index contributed by atoms with van der Waals surface area (Å²) in [5, 5.41) is 19.4. The Labute approximate surface area is 145 Å². The van der Waals surface area contributed by atoms with Gasteiger partial charge in [0.25, 0.3) is 5.90 Å². The molecule has 0 unspecified atom stereocenters. The van der Waals surface area contributed by atoms with Crippen LogP contribution in [-0.4, -0.2) is 38.7 Å². The number of rotatable bonds is 7. The van der Waals surface area contributed by atoms with E-state index < -0.39 is 18.2 Å². The van der Waals surface area contributed by atoms with Gasteiger partial charge in [-0.15, -0.1) is 11.3 Å². The Balaban J connectivity index is 2.06. The lowest BCUT2D eigenvalue weighted by Gasteiger charge is -2.19. The van der Waals surface area contributed by atoms with E-state index in [2.05, 4.69) is 14.8 Å². The number of aromatic nitrogens is 3. The highest BCUT2D eigenvalue weighted by Gasteiger charge is 2.18. The van der Waals surface area contributed by atoms with Crippen LogP contribution in [0, 0.1) is 10.8 Å². The van der Waals surface area contributed by atoms with Gasteiger partial charge in [0.05, 0.1) is 24.6 Å². The van der Waals surface area contributed by atoms with Crippen molar-refractivity contribution >= 4 is 40.8 Å². The van der Waals surface area contributed by atoms with Crippen LogP contribution < -0.4 is 4.31 Å². The Morgan fingerprint density at radius 2 is 2.21 bits per heavy atom. The minimum atomic E-state index is -3.04. The van der Waals surface area contributed by atoms with Crippen molar-refractivity contribution in [1.29, 1.82) is 10.8 Å². The van der Waals surface area contributed by atoms with E-state index in [1.54, 1.807) is 22.8 Å². The number of anilines is 1. The van der Waals surface area contributed by atoms with Gasteiger partial charge in [0.1, 0.15) is 9.88 Å². The summed E-state index contributed by atoms with van der Waals surface area (Å²) in [4.78, 5) is 4.50. The van der Waals surface area contributed by atoms with Crippen molar-refractivity contribution in [3.05, 3.63) is 28.5 Å². The number of halogens is 2. The number of thiazole rings is 1. The zero-order chi connectivity index (χ0) is 17.7. The number of nitrogens with one attached hydrogen (secondary N) is 2. The van der Waals surface area contributed by atoms with Gasteiger partial charge in [-0.25, -0.2) is 4.98 Å². The van der Waals surface area contributed by atoms with Crippen LogP contribution in [0.3, 0.4) is 0 Å². The van der Waals surface area contributed by atoms with E-state index >= 15 is 0 Å². The van der Waals surface area contributed by atoms with Gasteiger partial charge in [-0.2, -0.15) is 13.9 Å². The van der Waals surface area contributed by atoms with Crippen LogP contribution >= 0.6 is 23.3 Å².